The third kappa shape index (κ3) is 5.58. The highest BCUT2D eigenvalue weighted by Crippen LogP contribution is 2.26. The Hall–Kier alpha value is -3.94. The second-order valence-electron chi connectivity index (χ2n) is 9.89. The molecular weight excluding hydrogens is 466 g/mol. The minimum atomic E-state index is -0.270. The van der Waals surface area contributed by atoms with E-state index in [4.69, 9.17) is 0 Å². The first-order valence-corrected chi connectivity index (χ1v) is 13.0. The Bertz CT molecular complexity index is 1270. The molecule has 0 spiro atoms. The number of hydrogen-bond donors (Lipinski definition) is 1. The molecule has 3 amide bonds. The molecule has 8 nitrogen and oxygen atoms in total. The van der Waals surface area contributed by atoms with Gasteiger partial charge in [-0.3, -0.25) is 19.1 Å². The topological polar surface area (TPSA) is 87.5 Å². The van der Waals surface area contributed by atoms with Crippen molar-refractivity contribution in [3.63, 3.8) is 0 Å². The number of anilines is 1. The maximum Gasteiger partial charge on any atom is 0.274 e. The van der Waals surface area contributed by atoms with E-state index in [2.05, 4.69) is 10.4 Å². The molecule has 1 aromatic heterocycles. The van der Waals surface area contributed by atoms with Crippen LogP contribution in [-0.4, -0.2) is 56.9 Å². The Labute approximate surface area is 217 Å². The van der Waals surface area contributed by atoms with Gasteiger partial charge in [-0.2, -0.15) is 5.10 Å². The molecular formula is C29H33N5O3. The van der Waals surface area contributed by atoms with E-state index in [1.54, 1.807) is 9.58 Å². The third-order valence-corrected chi connectivity index (χ3v) is 7.39. The number of amides is 3. The van der Waals surface area contributed by atoms with E-state index >= 15 is 0 Å². The Kier molecular flexibility index (Phi) is 7.35. The maximum absolute atomic E-state index is 13.6. The van der Waals surface area contributed by atoms with Gasteiger partial charge in [-0.25, -0.2) is 0 Å². The molecule has 0 bridgehead atoms. The van der Waals surface area contributed by atoms with E-state index in [0.29, 0.717) is 51.1 Å². The van der Waals surface area contributed by atoms with Gasteiger partial charge in [0, 0.05) is 63.0 Å². The van der Waals surface area contributed by atoms with Gasteiger partial charge in [0.1, 0.15) is 0 Å². The van der Waals surface area contributed by atoms with Gasteiger partial charge in [0.2, 0.25) is 11.8 Å². The summed E-state index contributed by atoms with van der Waals surface area (Å²) in [7, 11) is 1.86. The highest BCUT2D eigenvalue weighted by atomic mass is 16.2. The van der Waals surface area contributed by atoms with Gasteiger partial charge in [-0.05, 0) is 37.0 Å². The molecule has 192 valence electrons. The molecule has 2 aromatic carbocycles. The number of hydrogen-bond acceptors (Lipinski definition) is 4. The van der Waals surface area contributed by atoms with Crippen molar-refractivity contribution in [2.45, 2.75) is 38.6 Å². The number of nitrogens with one attached hydrogen (secondary N) is 1. The van der Waals surface area contributed by atoms with Crippen LogP contribution in [0.25, 0.3) is 0 Å². The van der Waals surface area contributed by atoms with Crippen molar-refractivity contribution in [3.05, 3.63) is 83.2 Å². The van der Waals surface area contributed by atoms with Crippen LogP contribution in [0.3, 0.4) is 0 Å². The Morgan fingerprint density at radius 1 is 0.973 bits per heavy atom. The lowest BCUT2D eigenvalue weighted by Gasteiger charge is -2.32. The summed E-state index contributed by atoms with van der Waals surface area (Å²) in [5.41, 5.74) is 4.14. The average molecular weight is 500 g/mol. The Morgan fingerprint density at radius 2 is 1.70 bits per heavy atom. The molecule has 3 heterocycles. The van der Waals surface area contributed by atoms with Gasteiger partial charge < -0.3 is 15.1 Å². The number of piperidine rings is 1. The number of rotatable bonds is 6. The van der Waals surface area contributed by atoms with Gasteiger partial charge in [0.15, 0.2) is 5.69 Å². The molecule has 2 aliphatic rings. The summed E-state index contributed by atoms with van der Waals surface area (Å²) < 4.78 is 1.78. The zero-order valence-corrected chi connectivity index (χ0v) is 21.2. The van der Waals surface area contributed by atoms with Crippen LogP contribution in [0.1, 0.15) is 46.6 Å². The molecule has 5 rings (SSSR count). The van der Waals surface area contributed by atoms with Crippen LogP contribution in [0.2, 0.25) is 0 Å². The number of carbonyl (C=O) groups excluding carboxylic acids is 3. The fourth-order valence-corrected chi connectivity index (χ4v) is 5.32. The van der Waals surface area contributed by atoms with Crippen molar-refractivity contribution >= 4 is 23.4 Å². The van der Waals surface area contributed by atoms with Crippen molar-refractivity contribution in [1.82, 2.24) is 19.6 Å². The van der Waals surface area contributed by atoms with Crippen molar-refractivity contribution in [2.75, 3.05) is 25.0 Å². The number of para-hydroxylation sites is 1. The smallest absolute Gasteiger partial charge is 0.274 e. The van der Waals surface area contributed by atoms with Crippen LogP contribution in [0.5, 0.6) is 0 Å². The summed E-state index contributed by atoms with van der Waals surface area (Å²) >= 11 is 0. The fourth-order valence-electron chi connectivity index (χ4n) is 5.32. The largest absolute Gasteiger partial charge is 0.338 e. The van der Waals surface area contributed by atoms with Gasteiger partial charge in [0.25, 0.3) is 5.91 Å². The van der Waals surface area contributed by atoms with Crippen LogP contribution in [0.15, 0.2) is 60.7 Å². The lowest BCUT2D eigenvalue weighted by atomic mass is 9.96. The quantitative estimate of drug-likeness (QED) is 0.563. The fraction of sp³-hybridized carbons (Fsp3) is 0.379. The van der Waals surface area contributed by atoms with E-state index < -0.39 is 0 Å². The predicted molar refractivity (Wildman–Crippen MR) is 141 cm³/mol. The number of likely N-dealkylation sites (tertiary alicyclic amines) is 1. The zero-order valence-electron chi connectivity index (χ0n) is 21.2. The molecule has 1 N–H and O–H groups in total. The first kappa shape index (κ1) is 24.7. The number of nitrogens with zero attached hydrogens (tertiary/aromatic N) is 4. The molecule has 0 aliphatic carbocycles. The van der Waals surface area contributed by atoms with Crippen molar-refractivity contribution in [2.24, 2.45) is 13.0 Å². The van der Waals surface area contributed by atoms with E-state index in [9.17, 15) is 14.4 Å². The van der Waals surface area contributed by atoms with E-state index in [0.717, 1.165) is 35.3 Å². The van der Waals surface area contributed by atoms with Crippen molar-refractivity contribution in [3.8, 4) is 0 Å². The molecule has 0 radical (unpaired) electrons. The molecule has 1 saturated heterocycles. The molecule has 2 aliphatic heterocycles. The summed E-state index contributed by atoms with van der Waals surface area (Å²) in [5, 5.41) is 7.55. The van der Waals surface area contributed by atoms with Crippen LogP contribution in [0.4, 0.5) is 5.69 Å². The standard InChI is InChI=1S/C29H33N5O3/c1-32-25-16-18-33(26(35)15-14-21-9-4-2-5-10-21)20-24(25)27(31-32)29(37)34-17-8-11-22(19-34)28(36)30-23-12-6-3-7-13-23/h2-7,9-10,12-13,22H,8,11,14-20H2,1H3,(H,30,36)/t22-/m1/s1. The average Bonchev–Trinajstić information content (AvgIpc) is 3.28. The number of fused-ring (bicyclic) bond motifs is 1. The van der Waals surface area contributed by atoms with Gasteiger partial charge in [-0.1, -0.05) is 48.5 Å². The molecule has 1 fully saturated rings. The number of aryl methyl sites for hydroxylation is 2. The maximum atomic E-state index is 13.6. The van der Waals surface area contributed by atoms with E-state index in [1.807, 2.05) is 72.6 Å². The summed E-state index contributed by atoms with van der Waals surface area (Å²) in [6.45, 7) is 1.98. The second kappa shape index (κ2) is 11.0. The first-order valence-electron chi connectivity index (χ1n) is 13.0. The SMILES string of the molecule is Cn1nc(C(=O)N2CCC[C@@H](C(=O)Nc3ccccc3)C2)c2c1CCN(C(=O)CCc1ccccc1)C2. The first-order chi connectivity index (χ1) is 18.0. The highest BCUT2D eigenvalue weighted by Gasteiger charge is 2.34. The molecule has 37 heavy (non-hydrogen) atoms. The summed E-state index contributed by atoms with van der Waals surface area (Å²) in [4.78, 5) is 43.1. The van der Waals surface area contributed by atoms with Crippen molar-refractivity contribution < 1.29 is 14.4 Å². The van der Waals surface area contributed by atoms with Crippen molar-refractivity contribution in [1.29, 1.82) is 0 Å². The van der Waals surface area contributed by atoms with Crippen LogP contribution in [0, 0.1) is 5.92 Å². The number of aromatic nitrogens is 2. The minimum absolute atomic E-state index is 0.0677. The Morgan fingerprint density at radius 3 is 2.46 bits per heavy atom. The van der Waals surface area contributed by atoms with Gasteiger partial charge >= 0.3 is 0 Å². The zero-order chi connectivity index (χ0) is 25.8. The molecule has 3 aromatic rings. The lowest BCUT2D eigenvalue weighted by Crippen LogP contribution is -2.44. The predicted octanol–water partition coefficient (Wildman–Crippen LogP) is 3.43. The summed E-state index contributed by atoms with van der Waals surface area (Å²) in [6, 6.07) is 19.4. The normalized spacial score (nSPS) is 17.3. The minimum Gasteiger partial charge on any atom is -0.338 e. The van der Waals surface area contributed by atoms with Crippen LogP contribution < -0.4 is 5.32 Å². The molecule has 8 heteroatoms. The third-order valence-electron chi connectivity index (χ3n) is 7.39. The second-order valence-corrected chi connectivity index (χ2v) is 9.89. The molecule has 0 saturated carbocycles. The van der Waals surface area contributed by atoms with Crippen LogP contribution >= 0.6 is 0 Å². The number of carbonyl (C=O) groups is 3. The summed E-state index contributed by atoms with van der Waals surface area (Å²) in [6.07, 6.45) is 3.31. The summed E-state index contributed by atoms with van der Waals surface area (Å²) in [5.74, 6) is -0.407. The van der Waals surface area contributed by atoms with E-state index in [1.165, 1.54) is 0 Å². The van der Waals surface area contributed by atoms with Gasteiger partial charge in [0.05, 0.1) is 5.92 Å². The lowest BCUT2D eigenvalue weighted by molar-refractivity contribution is -0.132. The van der Waals surface area contributed by atoms with Crippen LogP contribution in [-0.2, 0) is 36.0 Å². The van der Waals surface area contributed by atoms with Gasteiger partial charge in [-0.15, -0.1) is 0 Å². The molecule has 0 unspecified atom stereocenters. The number of benzene rings is 2. The van der Waals surface area contributed by atoms with E-state index in [-0.39, 0.29) is 23.6 Å². The monoisotopic (exact) mass is 499 g/mol. The molecule has 1 atom stereocenters. The highest BCUT2D eigenvalue weighted by molar-refractivity contribution is 5.96. The Balaban J connectivity index is 1.25.